The molecular weight excluding hydrogens is 203 g/mol. The monoisotopic (exact) mass is 212 g/mol. The number of nitriles is 1. The van der Waals surface area contributed by atoms with Crippen LogP contribution in [0.15, 0.2) is 11.4 Å². The molecule has 3 nitrogen and oxygen atoms in total. The standard InChI is InChI=1S/C9H9FN2OS/c1-6(4-11)5-12-9(13)8-7(10)2-3-14-8/h2-3,6H,5H2,1H3,(H,12,13). The number of hydrogen-bond acceptors (Lipinski definition) is 3. The van der Waals surface area contributed by atoms with Crippen molar-refractivity contribution in [1.29, 1.82) is 5.26 Å². The Bertz CT molecular complexity index is 369. The normalized spacial score (nSPS) is 11.8. The number of halogens is 1. The highest BCUT2D eigenvalue weighted by molar-refractivity contribution is 7.12. The molecule has 0 aliphatic carbocycles. The molecule has 0 fully saturated rings. The molecule has 0 saturated carbocycles. The van der Waals surface area contributed by atoms with E-state index in [1.54, 1.807) is 6.92 Å². The molecule has 1 unspecified atom stereocenters. The van der Waals surface area contributed by atoms with Crippen molar-refractivity contribution in [3.63, 3.8) is 0 Å². The second-order valence-corrected chi connectivity index (χ2v) is 3.75. The van der Waals surface area contributed by atoms with Gasteiger partial charge in [0.25, 0.3) is 5.91 Å². The summed E-state index contributed by atoms with van der Waals surface area (Å²) in [6.07, 6.45) is 0. The van der Waals surface area contributed by atoms with Crippen LogP contribution < -0.4 is 5.32 Å². The van der Waals surface area contributed by atoms with Gasteiger partial charge in [-0.05, 0) is 18.4 Å². The third-order valence-corrected chi connectivity index (χ3v) is 2.50. The molecule has 0 saturated heterocycles. The summed E-state index contributed by atoms with van der Waals surface area (Å²) >= 11 is 1.05. The number of nitrogens with zero attached hydrogens (tertiary/aromatic N) is 1. The fraction of sp³-hybridized carbons (Fsp3) is 0.333. The van der Waals surface area contributed by atoms with Gasteiger partial charge in [0.05, 0.1) is 12.0 Å². The smallest absolute Gasteiger partial charge is 0.264 e. The maximum Gasteiger partial charge on any atom is 0.264 e. The second-order valence-electron chi connectivity index (χ2n) is 2.84. The summed E-state index contributed by atoms with van der Waals surface area (Å²) in [5.41, 5.74) is 0. The van der Waals surface area contributed by atoms with E-state index >= 15 is 0 Å². The lowest BCUT2D eigenvalue weighted by Gasteiger charge is -2.03. The molecule has 1 atom stereocenters. The Hall–Kier alpha value is -1.41. The van der Waals surface area contributed by atoms with Gasteiger partial charge in [0, 0.05) is 6.54 Å². The van der Waals surface area contributed by atoms with E-state index in [1.807, 2.05) is 6.07 Å². The Morgan fingerprint density at radius 1 is 1.86 bits per heavy atom. The zero-order valence-corrected chi connectivity index (χ0v) is 8.40. The lowest BCUT2D eigenvalue weighted by Crippen LogP contribution is -2.27. The van der Waals surface area contributed by atoms with Gasteiger partial charge in [-0.1, -0.05) is 0 Å². The van der Waals surface area contributed by atoms with Crippen LogP contribution in [0.25, 0.3) is 0 Å². The lowest BCUT2D eigenvalue weighted by atomic mass is 10.2. The molecule has 1 aromatic rings. The van der Waals surface area contributed by atoms with Gasteiger partial charge in [0.2, 0.25) is 0 Å². The first-order valence-electron chi connectivity index (χ1n) is 4.06. The van der Waals surface area contributed by atoms with Crippen LogP contribution in [0.4, 0.5) is 4.39 Å². The van der Waals surface area contributed by atoms with E-state index in [2.05, 4.69) is 5.32 Å². The minimum Gasteiger partial charge on any atom is -0.350 e. The van der Waals surface area contributed by atoms with Gasteiger partial charge in [-0.25, -0.2) is 4.39 Å². The number of hydrogen-bond donors (Lipinski definition) is 1. The molecular formula is C9H9FN2OS. The summed E-state index contributed by atoms with van der Waals surface area (Å²) < 4.78 is 12.9. The van der Waals surface area contributed by atoms with Crippen molar-refractivity contribution in [1.82, 2.24) is 5.32 Å². The molecule has 14 heavy (non-hydrogen) atoms. The lowest BCUT2D eigenvalue weighted by molar-refractivity contribution is 0.0951. The molecule has 5 heteroatoms. The summed E-state index contributed by atoms with van der Waals surface area (Å²) in [7, 11) is 0. The number of nitrogens with one attached hydrogen (secondary N) is 1. The first-order valence-corrected chi connectivity index (χ1v) is 4.94. The number of rotatable bonds is 3. The highest BCUT2D eigenvalue weighted by atomic mass is 32.1. The molecule has 0 aliphatic heterocycles. The molecule has 74 valence electrons. The molecule has 1 amide bonds. The van der Waals surface area contributed by atoms with Gasteiger partial charge < -0.3 is 5.32 Å². The molecule has 1 heterocycles. The van der Waals surface area contributed by atoms with E-state index in [0.29, 0.717) is 0 Å². The second kappa shape index (κ2) is 4.72. The third-order valence-electron chi connectivity index (χ3n) is 1.61. The minimum atomic E-state index is -0.517. The fourth-order valence-electron chi connectivity index (χ4n) is 0.827. The van der Waals surface area contributed by atoms with E-state index in [4.69, 9.17) is 5.26 Å². The quantitative estimate of drug-likeness (QED) is 0.830. The number of thiophene rings is 1. The van der Waals surface area contributed by atoms with Gasteiger partial charge >= 0.3 is 0 Å². The average molecular weight is 212 g/mol. The number of carbonyl (C=O) groups excluding carboxylic acids is 1. The van der Waals surface area contributed by atoms with Crippen molar-refractivity contribution in [2.45, 2.75) is 6.92 Å². The van der Waals surface area contributed by atoms with Crippen LogP contribution in [-0.4, -0.2) is 12.5 Å². The molecule has 0 aliphatic rings. The van der Waals surface area contributed by atoms with Gasteiger partial charge in [0.15, 0.2) is 0 Å². The highest BCUT2D eigenvalue weighted by Crippen LogP contribution is 2.14. The summed E-state index contributed by atoms with van der Waals surface area (Å²) in [5, 5.41) is 12.5. The van der Waals surface area contributed by atoms with Crippen molar-refractivity contribution >= 4 is 17.2 Å². The Balaban J connectivity index is 2.53. The maximum atomic E-state index is 12.9. The summed E-state index contributed by atoms with van der Waals surface area (Å²) in [6, 6.07) is 3.22. The van der Waals surface area contributed by atoms with Crippen molar-refractivity contribution in [3.05, 3.63) is 22.1 Å². The SMILES string of the molecule is CC(C#N)CNC(=O)c1sccc1F. The van der Waals surface area contributed by atoms with Crippen molar-refractivity contribution in [3.8, 4) is 6.07 Å². The van der Waals surface area contributed by atoms with Gasteiger partial charge in [-0.3, -0.25) is 4.79 Å². The average Bonchev–Trinajstić information content (AvgIpc) is 2.60. The fourth-order valence-corrected chi connectivity index (χ4v) is 1.51. The first kappa shape index (κ1) is 10.7. The van der Waals surface area contributed by atoms with Crippen LogP contribution in [-0.2, 0) is 0 Å². The van der Waals surface area contributed by atoms with E-state index < -0.39 is 11.7 Å². The van der Waals surface area contributed by atoms with E-state index in [-0.39, 0.29) is 17.3 Å². The Kier molecular flexibility index (Phi) is 3.60. The van der Waals surface area contributed by atoms with Crippen LogP contribution >= 0.6 is 11.3 Å². The number of carbonyl (C=O) groups is 1. The third kappa shape index (κ3) is 2.54. The van der Waals surface area contributed by atoms with Gasteiger partial charge in [0.1, 0.15) is 10.7 Å². The molecule has 1 rings (SSSR count). The van der Waals surface area contributed by atoms with E-state index in [0.717, 1.165) is 11.3 Å². The van der Waals surface area contributed by atoms with Gasteiger partial charge in [-0.15, -0.1) is 11.3 Å². The van der Waals surface area contributed by atoms with E-state index in [9.17, 15) is 9.18 Å². The van der Waals surface area contributed by atoms with Crippen LogP contribution in [0, 0.1) is 23.1 Å². The zero-order chi connectivity index (χ0) is 10.6. The zero-order valence-electron chi connectivity index (χ0n) is 7.58. The van der Waals surface area contributed by atoms with Crippen molar-refractivity contribution < 1.29 is 9.18 Å². The molecule has 0 aromatic carbocycles. The molecule has 0 radical (unpaired) electrons. The summed E-state index contributed by atoms with van der Waals surface area (Å²) in [6.45, 7) is 1.93. The number of amides is 1. The molecule has 1 aromatic heterocycles. The van der Waals surface area contributed by atoms with Crippen molar-refractivity contribution in [2.24, 2.45) is 5.92 Å². The predicted octanol–water partition coefficient (Wildman–Crippen LogP) is 1.78. The largest absolute Gasteiger partial charge is 0.350 e. The van der Waals surface area contributed by atoms with Crippen LogP contribution in [0.2, 0.25) is 0 Å². The van der Waals surface area contributed by atoms with Gasteiger partial charge in [-0.2, -0.15) is 5.26 Å². The van der Waals surface area contributed by atoms with Crippen LogP contribution in [0.5, 0.6) is 0 Å². The van der Waals surface area contributed by atoms with E-state index in [1.165, 1.54) is 11.4 Å². The molecule has 1 N–H and O–H groups in total. The summed E-state index contributed by atoms with van der Waals surface area (Å²) in [5.74, 6) is -1.24. The van der Waals surface area contributed by atoms with Crippen LogP contribution in [0.3, 0.4) is 0 Å². The molecule has 0 bridgehead atoms. The Morgan fingerprint density at radius 3 is 3.07 bits per heavy atom. The highest BCUT2D eigenvalue weighted by Gasteiger charge is 2.13. The van der Waals surface area contributed by atoms with Crippen LogP contribution in [0.1, 0.15) is 16.6 Å². The topological polar surface area (TPSA) is 52.9 Å². The maximum absolute atomic E-state index is 12.9. The Morgan fingerprint density at radius 2 is 2.57 bits per heavy atom. The predicted molar refractivity (Wildman–Crippen MR) is 51.4 cm³/mol. The Labute approximate surface area is 85.2 Å². The minimum absolute atomic E-state index is 0.0649. The molecule has 0 spiro atoms. The first-order chi connectivity index (χ1) is 6.65. The summed E-state index contributed by atoms with van der Waals surface area (Å²) in [4.78, 5) is 11.4. The van der Waals surface area contributed by atoms with Crippen molar-refractivity contribution in [2.75, 3.05) is 6.54 Å².